The molecule has 1 heterocycles. The third kappa shape index (κ3) is 2.13. The fourth-order valence-corrected chi connectivity index (χ4v) is 3.47. The average Bonchev–Trinajstić information content (AvgIpc) is 2.55. The van der Waals surface area contributed by atoms with Gasteiger partial charge in [0.15, 0.2) is 0 Å². The summed E-state index contributed by atoms with van der Waals surface area (Å²) in [4.78, 5) is 4.72. The number of phenols is 1. The number of fused-ring (bicyclic) bond motifs is 2. The van der Waals surface area contributed by atoms with E-state index in [0.717, 1.165) is 45.0 Å². The Labute approximate surface area is 137 Å². The van der Waals surface area contributed by atoms with Crippen molar-refractivity contribution in [3.8, 4) is 5.75 Å². The van der Waals surface area contributed by atoms with E-state index in [1.807, 2.05) is 24.3 Å². The van der Waals surface area contributed by atoms with E-state index in [1.165, 1.54) is 5.56 Å². The van der Waals surface area contributed by atoms with E-state index in [0.29, 0.717) is 0 Å². The van der Waals surface area contributed by atoms with Crippen LogP contribution in [-0.2, 0) is 6.42 Å². The number of benzene rings is 3. The van der Waals surface area contributed by atoms with E-state index >= 15 is 0 Å². The van der Waals surface area contributed by atoms with Gasteiger partial charge in [0, 0.05) is 22.1 Å². The summed E-state index contributed by atoms with van der Waals surface area (Å²) in [6.07, 6.45) is 0.955. The molecule has 0 unspecified atom stereocenters. The largest absolute Gasteiger partial charge is 0.507 e. The number of hydrogen-bond acceptors (Lipinski definition) is 2. The quantitative estimate of drug-likeness (QED) is 0.676. The van der Waals surface area contributed by atoms with Crippen molar-refractivity contribution in [1.29, 1.82) is 0 Å². The molecule has 3 aromatic rings. The molecule has 0 amide bonds. The van der Waals surface area contributed by atoms with Crippen LogP contribution in [0.3, 0.4) is 0 Å². The Balaban J connectivity index is 2.02. The second-order valence-corrected chi connectivity index (χ2v) is 6.38. The number of nitrogens with zero attached hydrogens (tertiary/aromatic N) is 1. The van der Waals surface area contributed by atoms with Gasteiger partial charge in [-0.05, 0) is 41.0 Å². The first kappa shape index (κ1) is 13.5. The summed E-state index contributed by atoms with van der Waals surface area (Å²) < 4.78 is 1.03. The van der Waals surface area contributed by atoms with Crippen molar-refractivity contribution in [1.82, 2.24) is 0 Å². The lowest BCUT2D eigenvalue weighted by Gasteiger charge is -2.19. The molecule has 1 aliphatic heterocycles. The summed E-state index contributed by atoms with van der Waals surface area (Å²) in [5.41, 5.74) is 4.14. The molecule has 1 aliphatic rings. The van der Waals surface area contributed by atoms with Crippen molar-refractivity contribution < 1.29 is 5.11 Å². The van der Waals surface area contributed by atoms with Crippen LogP contribution in [0.25, 0.3) is 10.8 Å². The number of rotatable bonds is 1. The Hall–Kier alpha value is -2.13. The van der Waals surface area contributed by atoms with E-state index in [4.69, 9.17) is 4.99 Å². The third-order valence-electron chi connectivity index (χ3n) is 4.12. The van der Waals surface area contributed by atoms with Gasteiger partial charge in [0.05, 0.1) is 5.71 Å². The molecule has 3 aromatic carbocycles. The van der Waals surface area contributed by atoms with Gasteiger partial charge in [-0.25, -0.2) is 0 Å². The monoisotopic (exact) mass is 351 g/mol. The second-order valence-electron chi connectivity index (χ2n) is 5.46. The molecule has 0 aliphatic carbocycles. The highest BCUT2D eigenvalue weighted by Crippen LogP contribution is 2.33. The zero-order valence-electron chi connectivity index (χ0n) is 11.9. The van der Waals surface area contributed by atoms with Crippen LogP contribution in [0.15, 0.2) is 64.1 Å². The van der Waals surface area contributed by atoms with Crippen LogP contribution < -0.4 is 0 Å². The molecular weight excluding hydrogens is 338 g/mol. The van der Waals surface area contributed by atoms with E-state index in [1.54, 1.807) is 6.07 Å². The molecule has 4 rings (SSSR count). The predicted octanol–water partition coefficient (Wildman–Crippen LogP) is 4.70. The number of hydrogen-bond donors (Lipinski definition) is 1. The predicted molar refractivity (Wildman–Crippen MR) is 94.0 cm³/mol. The van der Waals surface area contributed by atoms with Gasteiger partial charge in [-0.15, -0.1) is 0 Å². The first-order valence-corrected chi connectivity index (χ1v) is 8.08. The Bertz CT molecular complexity index is 914. The van der Waals surface area contributed by atoms with Crippen LogP contribution in [-0.4, -0.2) is 17.4 Å². The zero-order chi connectivity index (χ0) is 15.1. The van der Waals surface area contributed by atoms with Crippen molar-refractivity contribution in [3.63, 3.8) is 0 Å². The van der Waals surface area contributed by atoms with Crippen LogP contribution in [0.5, 0.6) is 5.75 Å². The summed E-state index contributed by atoms with van der Waals surface area (Å²) in [7, 11) is 0. The SMILES string of the molecule is Oc1ccc2cc(Br)ccc2c1C1=NCCc2ccccc21. The van der Waals surface area contributed by atoms with E-state index in [2.05, 4.69) is 40.2 Å². The molecule has 0 fully saturated rings. The molecule has 0 atom stereocenters. The average molecular weight is 352 g/mol. The Morgan fingerprint density at radius 2 is 1.86 bits per heavy atom. The maximum absolute atomic E-state index is 10.5. The molecule has 0 saturated carbocycles. The Morgan fingerprint density at radius 3 is 2.77 bits per heavy atom. The van der Waals surface area contributed by atoms with Crippen molar-refractivity contribution in [2.75, 3.05) is 6.54 Å². The molecule has 0 spiro atoms. The molecule has 0 radical (unpaired) electrons. The lowest BCUT2D eigenvalue weighted by Crippen LogP contribution is -2.14. The minimum absolute atomic E-state index is 0.283. The third-order valence-corrected chi connectivity index (χ3v) is 4.61. The van der Waals surface area contributed by atoms with Crippen molar-refractivity contribution >= 4 is 32.4 Å². The maximum atomic E-state index is 10.5. The molecule has 108 valence electrons. The molecule has 2 nitrogen and oxygen atoms in total. The van der Waals surface area contributed by atoms with Gasteiger partial charge in [0.25, 0.3) is 0 Å². The zero-order valence-corrected chi connectivity index (χ0v) is 13.5. The van der Waals surface area contributed by atoms with Crippen LogP contribution in [0, 0.1) is 0 Å². The molecule has 3 heteroatoms. The maximum Gasteiger partial charge on any atom is 0.125 e. The lowest BCUT2D eigenvalue weighted by molar-refractivity contribution is 0.475. The Kier molecular flexibility index (Phi) is 3.23. The smallest absolute Gasteiger partial charge is 0.125 e. The summed E-state index contributed by atoms with van der Waals surface area (Å²) in [6, 6.07) is 18.1. The van der Waals surface area contributed by atoms with Crippen LogP contribution in [0.2, 0.25) is 0 Å². The summed E-state index contributed by atoms with van der Waals surface area (Å²) >= 11 is 3.50. The number of aromatic hydroxyl groups is 1. The van der Waals surface area contributed by atoms with Gasteiger partial charge in [0.2, 0.25) is 0 Å². The highest BCUT2D eigenvalue weighted by atomic mass is 79.9. The first-order valence-electron chi connectivity index (χ1n) is 7.28. The first-order chi connectivity index (χ1) is 10.7. The van der Waals surface area contributed by atoms with E-state index < -0.39 is 0 Å². The standard InChI is InChI=1S/C19H14BrNO/c20-14-6-7-15-13(11-14)5-8-17(22)18(15)19-16-4-2-1-3-12(16)9-10-21-19/h1-8,11,22H,9-10H2. The van der Waals surface area contributed by atoms with Gasteiger partial charge < -0.3 is 5.11 Å². The fraction of sp³-hybridized carbons (Fsp3) is 0.105. The van der Waals surface area contributed by atoms with Gasteiger partial charge in [-0.3, -0.25) is 4.99 Å². The van der Waals surface area contributed by atoms with Gasteiger partial charge >= 0.3 is 0 Å². The number of phenolic OH excluding ortho intramolecular Hbond substituents is 1. The molecule has 0 bridgehead atoms. The number of halogens is 1. The van der Waals surface area contributed by atoms with Gasteiger partial charge in [-0.1, -0.05) is 52.3 Å². The number of aliphatic imine (C=N–C) groups is 1. The van der Waals surface area contributed by atoms with Crippen LogP contribution >= 0.6 is 15.9 Å². The summed E-state index contributed by atoms with van der Waals surface area (Å²) in [5, 5.41) is 12.6. The molecule has 22 heavy (non-hydrogen) atoms. The minimum atomic E-state index is 0.283. The molecule has 1 N–H and O–H groups in total. The van der Waals surface area contributed by atoms with Crippen molar-refractivity contribution in [2.45, 2.75) is 6.42 Å². The van der Waals surface area contributed by atoms with E-state index in [9.17, 15) is 5.11 Å². The van der Waals surface area contributed by atoms with Crippen LogP contribution in [0.4, 0.5) is 0 Å². The minimum Gasteiger partial charge on any atom is -0.507 e. The topological polar surface area (TPSA) is 32.6 Å². The van der Waals surface area contributed by atoms with Crippen molar-refractivity contribution in [2.24, 2.45) is 4.99 Å². The molecule has 0 aromatic heterocycles. The van der Waals surface area contributed by atoms with Crippen LogP contribution in [0.1, 0.15) is 16.7 Å². The lowest BCUT2D eigenvalue weighted by atomic mass is 9.90. The second kappa shape index (κ2) is 5.25. The molecule has 0 saturated heterocycles. The highest BCUT2D eigenvalue weighted by molar-refractivity contribution is 9.10. The van der Waals surface area contributed by atoms with Crippen molar-refractivity contribution in [3.05, 3.63) is 75.8 Å². The molecular formula is C19H14BrNO. The normalized spacial score (nSPS) is 13.8. The van der Waals surface area contributed by atoms with E-state index in [-0.39, 0.29) is 5.75 Å². The fourth-order valence-electron chi connectivity index (χ4n) is 3.09. The summed E-state index contributed by atoms with van der Waals surface area (Å²) in [5.74, 6) is 0.283. The highest BCUT2D eigenvalue weighted by Gasteiger charge is 2.20. The van der Waals surface area contributed by atoms with Gasteiger partial charge in [0.1, 0.15) is 5.75 Å². The Morgan fingerprint density at radius 1 is 1.00 bits per heavy atom. The van der Waals surface area contributed by atoms with Gasteiger partial charge in [-0.2, -0.15) is 0 Å². The summed E-state index contributed by atoms with van der Waals surface area (Å²) in [6.45, 7) is 0.763.